The molecule has 1 aromatic heterocycles. The summed E-state index contributed by atoms with van der Waals surface area (Å²) < 4.78 is 15.9. The predicted octanol–water partition coefficient (Wildman–Crippen LogP) is 4.62. The Morgan fingerprint density at radius 1 is 1.21 bits per heavy atom. The van der Waals surface area contributed by atoms with Gasteiger partial charge in [0.15, 0.2) is 6.61 Å². The molecule has 178 valence electrons. The number of aromatic nitrogens is 1. The third kappa shape index (κ3) is 5.16. The summed E-state index contributed by atoms with van der Waals surface area (Å²) in [7, 11) is 0. The lowest BCUT2D eigenvalue weighted by molar-refractivity contribution is -0.152. The Morgan fingerprint density at radius 2 is 2.00 bits per heavy atom. The zero-order valence-electron chi connectivity index (χ0n) is 18.6. The summed E-state index contributed by atoms with van der Waals surface area (Å²) in [5.74, 6) is -0.221. The number of benzene rings is 2. The molecule has 1 atom stereocenters. The van der Waals surface area contributed by atoms with Gasteiger partial charge in [0.25, 0.3) is 0 Å². The van der Waals surface area contributed by atoms with E-state index in [1.165, 1.54) is 5.06 Å². The minimum atomic E-state index is -1.11. The Bertz CT molecular complexity index is 1190. The molecule has 0 saturated carbocycles. The van der Waals surface area contributed by atoms with Gasteiger partial charge in [-0.15, -0.1) is 5.06 Å². The van der Waals surface area contributed by atoms with Crippen molar-refractivity contribution in [2.24, 2.45) is 0 Å². The highest BCUT2D eigenvalue weighted by atomic mass is 35.5. The van der Waals surface area contributed by atoms with E-state index in [4.69, 9.17) is 35.5 Å². The number of halogens is 1. The molecule has 4 rings (SSSR count). The fraction of sp³-hybridized carbons (Fsp3) is 0.292. The van der Waals surface area contributed by atoms with E-state index in [9.17, 15) is 9.59 Å². The summed E-state index contributed by atoms with van der Waals surface area (Å²) in [5.41, 5.74) is 3.83. The number of carboxylic acids is 1. The Labute approximate surface area is 200 Å². The van der Waals surface area contributed by atoms with Gasteiger partial charge < -0.3 is 23.9 Å². The molecule has 0 aliphatic carbocycles. The first kappa shape index (κ1) is 23.6. The van der Waals surface area contributed by atoms with Crippen LogP contribution in [0.15, 0.2) is 47.0 Å². The quantitative estimate of drug-likeness (QED) is 0.478. The summed E-state index contributed by atoms with van der Waals surface area (Å²) >= 11 is 6.28. The maximum atomic E-state index is 12.6. The van der Waals surface area contributed by atoms with Gasteiger partial charge in [0.2, 0.25) is 0 Å². The van der Waals surface area contributed by atoms with Crippen LogP contribution in [0.4, 0.5) is 4.79 Å². The van der Waals surface area contributed by atoms with E-state index in [2.05, 4.69) is 5.16 Å². The zero-order chi connectivity index (χ0) is 24.2. The molecule has 0 fully saturated rings. The minimum Gasteiger partial charge on any atom is -0.482 e. The van der Waals surface area contributed by atoms with Crippen molar-refractivity contribution in [2.75, 3.05) is 13.2 Å². The molecule has 3 aromatic rings. The molecule has 2 heterocycles. The summed E-state index contributed by atoms with van der Waals surface area (Å²) in [6.45, 7) is 3.31. The molecule has 1 N–H and O–H groups in total. The van der Waals surface area contributed by atoms with E-state index < -0.39 is 24.8 Å². The Morgan fingerprint density at radius 3 is 2.74 bits per heavy atom. The highest BCUT2D eigenvalue weighted by Crippen LogP contribution is 2.40. The Hall–Kier alpha value is -3.56. The van der Waals surface area contributed by atoms with Crippen LogP contribution in [0.25, 0.3) is 0 Å². The lowest BCUT2D eigenvalue weighted by Crippen LogP contribution is -2.38. The van der Waals surface area contributed by atoms with Crippen molar-refractivity contribution in [2.45, 2.75) is 32.9 Å². The van der Waals surface area contributed by atoms with Crippen LogP contribution >= 0.6 is 11.6 Å². The molecule has 9 nitrogen and oxygen atoms in total. The first-order valence-electron chi connectivity index (χ1n) is 10.6. The average molecular weight is 487 g/mol. The minimum absolute atomic E-state index is 0.0424. The van der Waals surface area contributed by atoms with Crippen molar-refractivity contribution < 1.29 is 33.5 Å². The largest absolute Gasteiger partial charge is 0.528 e. The topological polar surface area (TPSA) is 111 Å². The molecule has 34 heavy (non-hydrogen) atoms. The van der Waals surface area contributed by atoms with E-state index in [1.54, 1.807) is 32.0 Å². The van der Waals surface area contributed by atoms with Crippen LogP contribution in [0.3, 0.4) is 0 Å². The number of carboxylic acid groups (broad SMARTS) is 1. The van der Waals surface area contributed by atoms with Crippen molar-refractivity contribution >= 4 is 23.7 Å². The smallest absolute Gasteiger partial charge is 0.482 e. The van der Waals surface area contributed by atoms with Gasteiger partial charge in [0.05, 0.1) is 17.3 Å². The number of ether oxygens (including phenoxy) is 2. The summed E-state index contributed by atoms with van der Waals surface area (Å²) in [6.07, 6.45) is -0.255. The fourth-order valence-electron chi connectivity index (χ4n) is 3.93. The number of carbonyl (C=O) groups excluding carboxylic acids is 1. The monoisotopic (exact) mass is 486 g/mol. The molecule has 10 heteroatoms. The number of nitrogens with zero attached hydrogens (tertiary/aromatic N) is 2. The second-order valence-corrected chi connectivity index (χ2v) is 8.23. The van der Waals surface area contributed by atoms with Crippen LogP contribution in [0.1, 0.15) is 39.7 Å². The number of fused-ring (bicyclic) bond motifs is 1. The average Bonchev–Trinajstić information content (AvgIpc) is 3.13. The van der Waals surface area contributed by atoms with Crippen molar-refractivity contribution in [1.82, 2.24) is 10.2 Å². The summed E-state index contributed by atoms with van der Waals surface area (Å²) in [6, 6.07) is 12.0. The van der Waals surface area contributed by atoms with E-state index in [-0.39, 0.29) is 6.61 Å². The van der Waals surface area contributed by atoms with Gasteiger partial charge in [-0.3, -0.25) is 0 Å². The summed E-state index contributed by atoms with van der Waals surface area (Å²) in [5, 5.41) is 14.9. The maximum Gasteiger partial charge on any atom is 0.528 e. The molecule has 0 unspecified atom stereocenters. The second-order valence-electron chi connectivity index (χ2n) is 7.79. The van der Waals surface area contributed by atoms with Crippen molar-refractivity contribution in [1.29, 1.82) is 0 Å². The number of aliphatic carboxylic acids is 1. The van der Waals surface area contributed by atoms with Crippen LogP contribution < -0.4 is 4.74 Å². The molecule has 0 bridgehead atoms. The Balaban J connectivity index is 1.62. The van der Waals surface area contributed by atoms with E-state index in [0.717, 1.165) is 11.1 Å². The van der Waals surface area contributed by atoms with Crippen LogP contribution in [-0.4, -0.2) is 40.6 Å². The lowest BCUT2D eigenvalue weighted by Gasteiger charge is -2.36. The van der Waals surface area contributed by atoms with Gasteiger partial charge in [0, 0.05) is 17.1 Å². The van der Waals surface area contributed by atoms with Crippen LogP contribution in [0, 0.1) is 13.8 Å². The Kier molecular flexibility index (Phi) is 7.04. The first-order chi connectivity index (χ1) is 16.3. The van der Waals surface area contributed by atoms with Crippen molar-refractivity contribution in [3.8, 4) is 5.75 Å². The number of rotatable bonds is 7. The van der Waals surface area contributed by atoms with Crippen LogP contribution in [-0.2, 0) is 27.4 Å². The number of aryl methyl sites for hydroxylation is 2. The molecular formula is C24H23ClN2O7. The predicted molar refractivity (Wildman–Crippen MR) is 121 cm³/mol. The van der Waals surface area contributed by atoms with Crippen molar-refractivity contribution in [3.63, 3.8) is 0 Å². The highest BCUT2D eigenvalue weighted by molar-refractivity contribution is 6.30. The molecular weight excluding hydrogens is 464 g/mol. The normalized spacial score (nSPS) is 15.4. The maximum absolute atomic E-state index is 12.6. The molecule has 0 amide bonds. The molecule has 1 aliphatic rings. The molecule has 0 radical (unpaired) electrons. The van der Waals surface area contributed by atoms with E-state index in [1.807, 2.05) is 24.3 Å². The second kappa shape index (κ2) is 10.1. The number of hydrogen-bond donors (Lipinski definition) is 1. The van der Waals surface area contributed by atoms with Gasteiger partial charge in [-0.2, -0.15) is 0 Å². The number of carbonyl (C=O) groups is 2. The summed E-state index contributed by atoms with van der Waals surface area (Å²) in [4.78, 5) is 29.3. The van der Waals surface area contributed by atoms with Gasteiger partial charge in [-0.05, 0) is 49.6 Å². The SMILES string of the molecule is Cc1noc(C)c1COC(=O)ON1CCc2ccccc2[C@H]1c1cc(Cl)ccc1OCC(=O)O. The van der Waals surface area contributed by atoms with Gasteiger partial charge >= 0.3 is 12.1 Å². The third-order valence-corrected chi connectivity index (χ3v) is 5.80. The van der Waals surface area contributed by atoms with E-state index >= 15 is 0 Å². The fourth-order valence-corrected chi connectivity index (χ4v) is 4.11. The van der Waals surface area contributed by atoms with Gasteiger partial charge in [0.1, 0.15) is 18.1 Å². The van der Waals surface area contributed by atoms with E-state index in [0.29, 0.717) is 46.3 Å². The third-order valence-electron chi connectivity index (χ3n) is 5.56. The van der Waals surface area contributed by atoms with Crippen LogP contribution in [0.5, 0.6) is 5.75 Å². The molecule has 0 saturated heterocycles. The standard InChI is InChI=1S/C24H23ClN2O7/c1-14-20(15(2)33-26-14)12-32-24(30)34-27-10-9-16-5-3-4-6-18(16)23(27)19-11-17(25)7-8-21(19)31-13-22(28)29/h3-8,11,23H,9-10,12-13H2,1-2H3,(H,28,29)/t23-/m0/s1. The highest BCUT2D eigenvalue weighted by Gasteiger charge is 2.34. The molecule has 1 aliphatic heterocycles. The first-order valence-corrected chi connectivity index (χ1v) is 11.0. The van der Waals surface area contributed by atoms with Gasteiger partial charge in [-0.25, -0.2) is 9.59 Å². The van der Waals surface area contributed by atoms with Crippen molar-refractivity contribution in [3.05, 3.63) is 81.2 Å². The zero-order valence-corrected chi connectivity index (χ0v) is 19.4. The number of hydrogen-bond acceptors (Lipinski definition) is 8. The van der Waals surface area contributed by atoms with Gasteiger partial charge in [-0.1, -0.05) is 41.0 Å². The molecule has 0 spiro atoms. The molecule has 2 aromatic carbocycles. The lowest BCUT2D eigenvalue weighted by atomic mass is 9.89. The number of hydroxylamine groups is 2. The van der Waals surface area contributed by atoms with Crippen LogP contribution in [0.2, 0.25) is 5.02 Å².